The molecular weight excluding hydrogens is 170 g/mol. The number of ether oxygens (including phenoxy) is 1. The van der Waals surface area contributed by atoms with Crippen LogP contribution in [-0.2, 0) is 6.42 Å². The summed E-state index contributed by atoms with van der Waals surface area (Å²) < 4.78 is 4.92. The van der Waals surface area contributed by atoms with Crippen LogP contribution in [0.15, 0.2) is 24.3 Å². The number of hydrogen-bond acceptors (Lipinski definition) is 4. The van der Waals surface area contributed by atoms with E-state index in [2.05, 4.69) is 0 Å². The molecule has 1 atom stereocenters. The van der Waals surface area contributed by atoms with E-state index in [4.69, 9.17) is 10.5 Å². The molecule has 0 saturated carbocycles. The van der Waals surface area contributed by atoms with Crippen LogP contribution in [0.3, 0.4) is 0 Å². The van der Waals surface area contributed by atoms with Gasteiger partial charge in [-0.25, -0.2) is 0 Å². The number of benzene rings is 1. The highest BCUT2D eigenvalue weighted by Gasteiger charge is 2.39. The maximum Gasteiger partial charge on any atom is 0.338 e. The summed E-state index contributed by atoms with van der Waals surface area (Å²) in [6.45, 7) is 0. The maximum atomic E-state index is 9.30. The van der Waals surface area contributed by atoms with Crippen molar-refractivity contribution in [1.29, 1.82) is 0 Å². The highest BCUT2D eigenvalue weighted by Crippen LogP contribution is 2.29. The lowest BCUT2D eigenvalue weighted by atomic mass is 10.0. The van der Waals surface area contributed by atoms with Crippen LogP contribution in [0.25, 0.3) is 0 Å². The Morgan fingerprint density at radius 2 is 2.08 bits per heavy atom. The van der Waals surface area contributed by atoms with Gasteiger partial charge in [0, 0.05) is 6.42 Å². The zero-order chi connectivity index (χ0) is 9.47. The largest absolute Gasteiger partial charge is 0.438 e. The van der Waals surface area contributed by atoms with E-state index in [1.165, 1.54) is 0 Å². The van der Waals surface area contributed by atoms with E-state index in [-0.39, 0.29) is 0 Å². The predicted molar refractivity (Wildman–Crippen MR) is 45.9 cm³/mol. The van der Waals surface area contributed by atoms with Crippen LogP contribution in [0.5, 0.6) is 5.75 Å². The Labute approximate surface area is 75.6 Å². The molecule has 4 heteroatoms. The minimum absolute atomic E-state index is 0.406. The molecule has 1 aromatic carbocycles. The fourth-order valence-corrected chi connectivity index (χ4v) is 1.38. The van der Waals surface area contributed by atoms with Crippen molar-refractivity contribution in [1.82, 2.24) is 0 Å². The summed E-state index contributed by atoms with van der Waals surface area (Å²) in [5.74, 6) is -1.76. The third-order valence-corrected chi connectivity index (χ3v) is 2.16. The number of rotatable bonds is 0. The van der Waals surface area contributed by atoms with Crippen molar-refractivity contribution in [3.8, 4) is 5.75 Å². The van der Waals surface area contributed by atoms with E-state index in [9.17, 15) is 10.2 Å². The molecule has 0 fully saturated rings. The second-order valence-electron chi connectivity index (χ2n) is 3.18. The molecular formula is C9H11NO3. The van der Waals surface area contributed by atoms with Gasteiger partial charge in [0.25, 0.3) is 0 Å². The molecule has 13 heavy (non-hydrogen) atoms. The molecule has 0 amide bonds. The fourth-order valence-electron chi connectivity index (χ4n) is 1.38. The lowest BCUT2D eigenvalue weighted by Gasteiger charge is -2.33. The third-order valence-electron chi connectivity index (χ3n) is 2.16. The van der Waals surface area contributed by atoms with Crippen LogP contribution in [0.1, 0.15) is 5.56 Å². The molecule has 1 heterocycles. The minimum Gasteiger partial charge on any atom is -0.438 e. The Bertz CT molecular complexity index is 324. The zero-order valence-electron chi connectivity index (χ0n) is 6.97. The van der Waals surface area contributed by atoms with Crippen LogP contribution in [0.2, 0.25) is 0 Å². The Balaban J connectivity index is 2.39. The molecule has 1 aromatic rings. The van der Waals surface area contributed by atoms with E-state index in [1.54, 1.807) is 12.1 Å². The van der Waals surface area contributed by atoms with Gasteiger partial charge in [0.2, 0.25) is 0 Å². The monoisotopic (exact) mass is 181 g/mol. The van der Waals surface area contributed by atoms with E-state index in [0.29, 0.717) is 12.2 Å². The van der Waals surface area contributed by atoms with Crippen molar-refractivity contribution < 1.29 is 14.9 Å². The van der Waals surface area contributed by atoms with Crippen molar-refractivity contribution in [2.75, 3.05) is 0 Å². The molecule has 0 spiro atoms. The number of para-hydroxylation sites is 1. The van der Waals surface area contributed by atoms with Crippen LogP contribution in [0.4, 0.5) is 0 Å². The van der Waals surface area contributed by atoms with Gasteiger partial charge in [0.1, 0.15) is 11.8 Å². The summed E-state index contributed by atoms with van der Waals surface area (Å²) in [6.07, 6.45) is 0.406. The lowest BCUT2D eigenvalue weighted by Crippen LogP contribution is -2.55. The van der Waals surface area contributed by atoms with Gasteiger partial charge < -0.3 is 20.7 Å². The van der Waals surface area contributed by atoms with Crippen LogP contribution >= 0.6 is 0 Å². The topological polar surface area (TPSA) is 75.7 Å². The number of nitrogens with two attached hydrogens (primary N) is 1. The highest BCUT2D eigenvalue weighted by molar-refractivity contribution is 5.36. The number of hydrogen-bond donors (Lipinski definition) is 3. The number of fused-ring (bicyclic) bond motifs is 1. The van der Waals surface area contributed by atoms with Gasteiger partial charge in [0.05, 0.1) is 0 Å². The van der Waals surface area contributed by atoms with Crippen molar-refractivity contribution in [2.24, 2.45) is 5.73 Å². The van der Waals surface area contributed by atoms with Crippen molar-refractivity contribution >= 4 is 0 Å². The van der Waals surface area contributed by atoms with Crippen molar-refractivity contribution in [3.63, 3.8) is 0 Å². The summed E-state index contributed by atoms with van der Waals surface area (Å²) >= 11 is 0. The molecule has 0 saturated heterocycles. The fraction of sp³-hybridized carbons (Fsp3) is 0.333. The molecule has 1 aliphatic heterocycles. The Hall–Kier alpha value is -1.10. The van der Waals surface area contributed by atoms with Gasteiger partial charge in [-0.2, -0.15) is 0 Å². The summed E-state index contributed by atoms with van der Waals surface area (Å²) in [5, 5.41) is 18.6. The van der Waals surface area contributed by atoms with E-state index >= 15 is 0 Å². The van der Waals surface area contributed by atoms with Crippen LogP contribution in [-0.4, -0.2) is 22.2 Å². The Morgan fingerprint density at radius 3 is 2.85 bits per heavy atom. The van der Waals surface area contributed by atoms with Crippen LogP contribution < -0.4 is 10.5 Å². The molecule has 0 aliphatic carbocycles. The van der Waals surface area contributed by atoms with E-state index in [0.717, 1.165) is 5.56 Å². The molecule has 1 unspecified atom stereocenters. The molecule has 0 aromatic heterocycles. The van der Waals surface area contributed by atoms with Gasteiger partial charge in [-0.3, -0.25) is 0 Å². The summed E-state index contributed by atoms with van der Waals surface area (Å²) in [5.41, 5.74) is 6.40. The van der Waals surface area contributed by atoms with E-state index in [1.807, 2.05) is 12.1 Å². The second-order valence-corrected chi connectivity index (χ2v) is 3.18. The first-order chi connectivity index (χ1) is 6.09. The van der Waals surface area contributed by atoms with Gasteiger partial charge in [0.15, 0.2) is 0 Å². The van der Waals surface area contributed by atoms with Crippen LogP contribution in [0, 0.1) is 0 Å². The average Bonchev–Trinajstić information content (AvgIpc) is 2.06. The lowest BCUT2D eigenvalue weighted by molar-refractivity contribution is -0.308. The molecule has 70 valence electrons. The molecule has 0 radical (unpaired) electrons. The first-order valence-corrected chi connectivity index (χ1v) is 4.07. The highest BCUT2D eigenvalue weighted by atomic mass is 16.8. The summed E-state index contributed by atoms with van der Waals surface area (Å²) in [6, 6.07) is 6.36. The maximum absolute atomic E-state index is 9.30. The first-order valence-electron chi connectivity index (χ1n) is 4.07. The Morgan fingerprint density at radius 1 is 1.38 bits per heavy atom. The summed E-state index contributed by atoms with van der Waals surface area (Å²) in [7, 11) is 0. The average molecular weight is 181 g/mol. The minimum atomic E-state index is -2.24. The quantitative estimate of drug-likeness (QED) is 0.475. The third kappa shape index (κ3) is 1.39. The normalized spacial score (nSPS) is 24.7. The second kappa shape index (κ2) is 2.70. The van der Waals surface area contributed by atoms with Gasteiger partial charge in [-0.15, -0.1) is 0 Å². The Kier molecular flexibility index (Phi) is 1.76. The van der Waals surface area contributed by atoms with Gasteiger partial charge in [-0.1, -0.05) is 18.2 Å². The standard InChI is InChI=1S/C9H11NO3/c10-8-5-6-3-1-2-4-7(6)13-9(8,11)12/h1-4,8,11-12H,5,10H2. The SMILES string of the molecule is NC1Cc2ccccc2OC1(O)O. The first kappa shape index (κ1) is 8.50. The molecule has 2 rings (SSSR count). The molecule has 4 nitrogen and oxygen atoms in total. The number of aliphatic hydroxyl groups is 2. The van der Waals surface area contributed by atoms with Crippen molar-refractivity contribution in [2.45, 2.75) is 18.4 Å². The molecule has 4 N–H and O–H groups in total. The van der Waals surface area contributed by atoms with E-state index < -0.39 is 12.0 Å². The van der Waals surface area contributed by atoms with Crippen molar-refractivity contribution in [3.05, 3.63) is 29.8 Å². The predicted octanol–water partition coefficient (Wildman–Crippen LogP) is -0.413. The summed E-state index contributed by atoms with van der Waals surface area (Å²) in [4.78, 5) is 0. The van der Waals surface area contributed by atoms with Gasteiger partial charge in [-0.05, 0) is 11.6 Å². The smallest absolute Gasteiger partial charge is 0.338 e. The molecule has 1 aliphatic rings. The zero-order valence-corrected chi connectivity index (χ0v) is 6.97. The molecule has 0 bridgehead atoms. The van der Waals surface area contributed by atoms with Gasteiger partial charge >= 0.3 is 5.97 Å².